The average molecular weight is 372 g/mol. The minimum absolute atomic E-state index is 0.0711. The number of carboxylic acid groups (broad SMARTS) is 1. The van der Waals surface area contributed by atoms with Gasteiger partial charge in [0.05, 0.1) is 23.2 Å². The number of nitrogens with one attached hydrogen (secondary N) is 1. The molecular formula is C19H24N4O4. The Hall–Kier alpha value is -2.48. The van der Waals surface area contributed by atoms with Gasteiger partial charge < -0.3 is 14.9 Å². The zero-order valence-corrected chi connectivity index (χ0v) is 15.4. The van der Waals surface area contributed by atoms with Crippen LogP contribution in [-0.4, -0.2) is 57.2 Å². The van der Waals surface area contributed by atoms with Crippen molar-refractivity contribution in [3.63, 3.8) is 0 Å². The molecule has 2 fully saturated rings. The summed E-state index contributed by atoms with van der Waals surface area (Å²) < 4.78 is 5.15. The van der Waals surface area contributed by atoms with E-state index in [0.29, 0.717) is 23.6 Å². The molecule has 1 amide bonds. The van der Waals surface area contributed by atoms with Crippen LogP contribution in [0.4, 0.5) is 0 Å². The number of hydrogen-bond acceptors (Lipinski definition) is 6. The Bertz CT molecular complexity index is 855. The fourth-order valence-corrected chi connectivity index (χ4v) is 3.68. The van der Waals surface area contributed by atoms with Gasteiger partial charge in [0, 0.05) is 24.8 Å². The van der Waals surface area contributed by atoms with Crippen LogP contribution in [0.25, 0.3) is 11.1 Å². The van der Waals surface area contributed by atoms with E-state index < -0.39 is 5.97 Å². The third-order valence-electron chi connectivity index (χ3n) is 5.49. The lowest BCUT2D eigenvalue weighted by atomic mass is 9.85. The van der Waals surface area contributed by atoms with Crippen molar-refractivity contribution in [3.05, 3.63) is 23.5 Å². The van der Waals surface area contributed by atoms with E-state index in [9.17, 15) is 9.59 Å². The molecule has 4 rings (SSSR count). The Kier molecular flexibility index (Phi) is 4.82. The number of pyridine rings is 1. The fraction of sp³-hybridized carbons (Fsp3) is 0.579. The molecule has 0 bridgehead atoms. The van der Waals surface area contributed by atoms with Crippen molar-refractivity contribution >= 4 is 23.0 Å². The summed E-state index contributed by atoms with van der Waals surface area (Å²) in [5.74, 6) is -0.307. The quantitative estimate of drug-likeness (QED) is 0.728. The minimum Gasteiger partial charge on any atom is -0.480 e. The molecule has 2 aromatic heterocycles. The van der Waals surface area contributed by atoms with Crippen LogP contribution in [0.15, 0.2) is 16.8 Å². The van der Waals surface area contributed by atoms with Crippen LogP contribution in [-0.2, 0) is 11.2 Å². The van der Waals surface area contributed by atoms with Gasteiger partial charge in [0.25, 0.3) is 11.6 Å². The van der Waals surface area contributed by atoms with E-state index in [-0.39, 0.29) is 24.5 Å². The predicted octanol–water partition coefficient (Wildman–Crippen LogP) is 1.84. The zero-order valence-electron chi connectivity index (χ0n) is 15.4. The number of rotatable bonds is 8. The molecule has 2 aromatic rings. The molecule has 0 spiro atoms. The molecule has 2 aliphatic rings. The number of hydrogen-bond donors (Lipinski definition) is 2. The van der Waals surface area contributed by atoms with Gasteiger partial charge in [0.15, 0.2) is 0 Å². The average Bonchev–Trinajstić information content (AvgIpc) is 3.32. The van der Waals surface area contributed by atoms with E-state index in [1.165, 1.54) is 19.0 Å². The van der Waals surface area contributed by atoms with Crippen molar-refractivity contribution in [3.8, 4) is 0 Å². The second kappa shape index (κ2) is 7.26. The van der Waals surface area contributed by atoms with Gasteiger partial charge >= 0.3 is 5.97 Å². The standard InChI is InChI=1S/C19H24N4O4/c1-2-16-15-5-12(8-20-19(15)27-22-16)18(26)21-13-6-14(7-13)23(10-17(24)25)9-11-3-4-11/h5,8,11,13-14H,2-4,6-7,9-10H2,1H3,(H,21,26)(H,24,25). The molecule has 0 radical (unpaired) electrons. The first-order chi connectivity index (χ1) is 13.0. The molecule has 2 saturated carbocycles. The van der Waals surface area contributed by atoms with Crippen molar-refractivity contribution in [1.82, 2.24) is 20.4 Å². The largest absolute Gasteiger partial charge is 0.480 e. The predicted molar refractivity (Wildman–Crippen MR) is 97.4 cm³/mol. The molecule has 2 aliphatic carbocycles. The van der Waals surface area contributed by atoms with E-state index in [2.05, 4.69) is 20.4 Å². The van der Waals surface area contributed by atoms with Crippen molar-refractivity contribution in [2.24, 2.45) is 5.92 Å². The molecule has 8 nitrogen and oxygen atoms in total. The molecule has 27 heavy (non-hydrogen) atoms. The molecule has 0 aliphatic heterocycles. The summed E-state index contributed by atoms with van der Waals surface area (Å²) in [6.07, 6.45) is 6.18. The number of carbonyl (C=O) groups is 2. The second-order valence-electron chi connectivity index (χ2n) is 7.62. The Morgan fingerprint density at radius 2 is 2.15 bits per heavy atom. The molecule has 0 atom stereocenters. The highest BCUT2D eigenvalue weighted by atomic mass is 16.5. The highest BCUT2D eigenvalue weighted by Gasteiger charge is 2.37. The molecule has 0 unspecified atom stereocenters. The Balaban J connectivity index is 1.35. The van der Waals surface area contributed by atoms with Gasteiger partial charge in [-0.3, -0.25) is 14.5 Å². The number of aliphatic carboxylic acids is 1. The number of fused-ring (bicyclic) bond motifs is 1. The van der Waals surface area contributed by atoms with Crippen LogP contribution >= 0.6 is 0 Å². The molecular weight excluding hydrogens is 348 g/mol. The van der Waals surface area contributed by atoms with Crippen molar-refractivity contribution in [1.29, 1.82) is 0 Å². The van der Waals surface area contributed by atoms with Crippen LogP contribution in [0.5, 0.6) is 0 Å². The van der Waals surface area contributed by atoms with Gasteiger partial charge in [0.2, 0.25) is 0 Å². The van der Waals surface area contributed by atoms with E-state index in [1.54, 1.807) is 6.07 Å². The van der Waals surface area contributed by atoms with Gasteiger partial charge in [0.1, 0.15) is 0 Å². The van der Waals surface area contributed by atoms with Crippen LogP contribution in [0, 0.1) is 5.92 Å². The highest BCUT2D eigenvalue weighted by Crippen LogP contribution is 2.33. The Labute approximate surface area is 156 Å². The first kappa shape index (κ1) is 17.9. The number of aryl methyl sites for hydroxylation is 1. The zero-order chi connectivity index (χ0) is 19.0. The Morgan fingerprint density at radius 3 is 2.81 bits per heavy atom. The smallest absolute Gasteiger partial charge is 0.317 e. The SMILES string of the molecule is CCc1noc2ncc(C(=O)NC3CC(N(CC(=O)O)CC4CC4)C3)cc12. The second-order valence-corrected chi connectivity index (χ2v) is 7.62. The molecule has 0 aromatic carbocycles. The summed E-state index contributed by atoms with van der Waals surface area (Å²) in [5, 5.41) is 16.9. The van der Waals surface area contributed by atoms with Gasteiger partial charge in [-0.15, -0.1) is 0 Å². The van der Waals surface area contributed by atoms with Gasteiger partial charge in [-0.1, -0.05) is 12.1 Å². The molecule has 0 saturated heterocycles. The summed E-state index contributed by atoms with van der Waals surface area (Å²) >= 11 is 0. The lowest BCUT2D eigenvalue weighted by Crippen LogP contribution is -2.55. The van der Waals surface area contributed by atoms with Gasteiger partial charge in [-0.05, 0) is 44.1 Å². The van der Waals surface area contributed by atoms with E-state index in [1.807, 2.05) is 6.92 Å². The fourth-order valence-electron chi connectivity index (χ4n) is 3.68. The molecule has 2 heterocycles. The minimum atomic E-state index is -0.789. The van der Waals surface area contributed by atoms with Crippen molar-refractivity contribution < 1.29 is 19.2 Å². The number of carbonyl (C=O) groups excluding carboxylic acids is 1. The normalized spacial score (nSPS) is 22.0. The van der Waals surface area contributed by atoms with Crippen LogP contribution in [0.3, 0.4) is 0 Å². The number of amides is 1. The maximum Gasteiger partial charge on any atom is 0.317 e. The van der Waals surface area contributed by atoms with Crippen molar-refractivity contribution in [2.45, 2.75) is 51.1 Å². The summed E-state index contributed by atoms with van der Waals surface area (Å²) in [5.41, 5.74) is 1.72. The summed E-state index contributed by atoms with van der Waals surface area (Å²) in [7, 11) is 0. The Morgan fingerprint density at radius 1 is 1.37 bits per heavy atom. The summed E-state index contributed by atoms with van der Waals surface area (Å²) in [6.45, 7) is 2.91. The lowest BCUT2D eigenvalue weighted by Gasteiger charge is -2.42. The maximum absolute atomic E-state index is 12.5. The van der Waals surface area contributed by atoms with E-state index >= 15 is 0 Å². The van der Waals surface area contributed by atoms with Crippen LogP contribution < -0.4 is 5.32 Å². The van der Waals surface area contributed by atoms with E-state index in [0.717, 1.165) is 30.5 Å². The highest BCUT2D eigenvalue weighted by molar-refractivity contribution is 5.97. The number of aromatic nitrogens is 2. The topological polar surface area (TPSA) is 109 Å². The van der Waals surface area contributed by atoms with E-state index in [4.69, 9.17) is 9.63 Å². The monoisotopic (exact) mass is 372 g/mol. The molecule has 2 N–H and O–H groups in total. The maximum atomic E-state index is 12.5. The first-order valence-electron chi connectivity index (χ1n) is 9.54. The van der Waals surface area contributed by atoms with Crippen LogP contribution in [0.1, 0.15) is 48.7 Å². The third-order valence-corrected chi connectivity index (χ3v) is 5.49. The molecule has 8 heteroatoms. The number of nitrogens with zero attached hydrogens (tertiary/aromatic N) is 3. The molecule has 144 valence electrons. The van der Waals surface area contributed by atoms with Crippen molar-refractivity contribution in [2.75, 3.05) is 13.1 Å². The number of carboxylic acids is 1. The summed E-state index contributed by atoms with van der Waals surface area (Å²) in [4.78, 5) is 29.9. The van der Waals surface area contributed by atoms with Gasteiger partial charge in [-0.2, -0.15) is 0 Å². The third kappa shape index (κ3) is 3.95. The lowest BCUT2D eigenvalue weighted by molar-refractivity contribution is -0.139. The summed E-state index contributed by atoms with van der Waals surface area (Å²) in [6, 6.07) is 2.08. The van der Waals surface area contributed by atoms with Gasteiger partial charge in [-0.25, -0.2) is 4.98 Å². The first-order valence-corrected chi connectivity index (χ1v) is 9.54. The van der Waals surface area contributed by atoms with Crippen LogP contribution in [0.2, 0.25) is 0 Å².